The van der Waals surface area contributed by atoms with Crippen LogP contribution in [0, 0.1) is 17.8 Å². The molecule has 0 saturated carbocycles. The fraction of sp³-hybridized carbons (Fsp3) is 0.879. The summed E-state index contributed by atoms with van der Waals surface area (Å²) >= 11 is 0. The molecule has 0 spiro atoms. The van der Waals surface area contributed by atoms with E-state index < -0.39 is 71.8 Å². The number of likely N-dealkylation sites (N-methyl/N-ethyl adjacent to an activating group) is 1. The van der Waals surface area contributed by atoms with Gasteiger partial charge in [-0.2, -0.15) is 0 Å². The van der Waals surface area contributed by atoms with E-state index in [2.05, 4.69) is 0 Å². The van der Waals surface area contributed by atoms with Crippen molar-refractivity contribution in [1.82, 2.24) is 9.80 Å². The third-order valence-electron chi connectivity index (χ3n) is 10.3. The smallest absolute Gasteiger partial charge is 0.458 e. The van der Waals surface area contributed by atoms with Crippen molar-refractivity contribution in [3.05, 3.63) is 0 Å². The quantitative estimate of drug-likeness (QED) is 0.316. The number of nitrogens with zero attached hydrogens (tertiary/aromatic N) is 2. The van der Waals surface area contributed by atoms with Crippen LogP contribution in [-0.4, -0.2) is 115 Å². The average Bonchev–Trinajstić information content (AvgIpc) is 3.27. The maximum Gasteiger partial charge on any atom is 0.509 e. The largest absolute Gasteiger partial charge is 0.509 e. The molecule has 0 unspecified atom stereocenters. The highest BCUT2D eigenvalue weighted by atomic mass is 16.8. The van der Waals surface area contributed by atoms with Crippen LogP contribution in [0.5, 0.6) is 0 Å². The van der Waals surface area contributed by atoms with Crippen molar-refractivity contribution in [2.45, 2.75) is 148 Å². The monoisotopic (exact) mass is 654 g/mol. The molecule has 13 nitrogen and oxygen atoms in total. The molecule has 5 aliphatic heterocycles. The van der Waals surface area contributed by atoms with Crippen molar-refractivity contribution in [2.75, 3.05) is 20.8 Å². The summed E-state index contributed by atoms with van der Waals surface area (Å²) in [5, 5.41) is 0. The minimum absolute atomic E-state index is 0.0243. The van der Waals surface area contributed by atoms with Crippen LogP contribution in [0.3, 0.4) is 0 Å². The predicted molar refractivity (Wildman–Crippen MR) is 164 cm³/mol. The molecule has 0 aromatic heterocycles. The van der Waals surface area contributed by atoms with Crippen LogP contribution >= 0.6 is 0 Å². The second-order valence-electron chi connectivity index (χ2n) is 14.5. The van der Waals surface area contributed by atoms with Crippen LogP contribution < -0.4 is 0 Å². The van der Waals surface area contributed by atoms with Gasteiger partial charge in [-0.1, -0.05) is 20.8 Å². The zero-order valence-electron chi connectivity index (χ0n) is 29.3. The van der Waals surface area contributed by atoms with Gasteiger partial charge < -0.3 is 43.0 Å². The Morgan fingerprint density at radius 3 is 2.30 bits per heavy atom. The van der Waals surface area contributed by atoms with Crippen molar-refractivity contribution in [2.24, 2.45) is 17.8 Å². The first-order chi connectivity index (χ1) is 21.4. The first kappa shape index (κ1) is 36.4. The number of carbonyl (C=O) groups is 4. The lowest BCUT2D eigenvalue weighted by molar-refractivity contribution is -0.309. The maximum atomic E-state index is 14.0. The van der Waals surface area contributed by atoms with Crippen molar-refractivity contribution < 1.29 is 52.3 Å². The van der Waals surface area contributed by atoms with E-state index in [0.29, 0.717) is 25.7 Å². The Labute approximate surface area is 272 Å². The van der Waals surface area contributed by atoms with Crippen molar-refractivity contribution >= 4 is 24.0 Å². The summed E-state index contributed by atoms with van der Waals surface area (Å²) in [6, 6.07) is -0.426. The number of hydrogen-bond donors (Lipinski definition) is 0. The lowest BCUT2D eigenvalue weighted by Crippen LogP contribution is -2.63. The molecule has 13 heteroatoms. The number of rotatable bonds is 5. The molecule has 2 bridgehead atoms. The van der Waals surface area contributed by atoms with Gasteiger partial charge in [0.2, 0.25) is 5.91 Å². The van der Waals surface area contributed by atoms with Gasteiger partial charge in [-0.15, -0.1) is 0 Å². The lowest BCUT2D eigenvalue weighted by Gasteiger charge is -2.51. The molecule has 46 heavy (non-hydrogen) atoms. The number of fused-ring (bicyclic) bond motifs is 9. The normalized spacial score (nSPS) is 44.0. The van der Waals surface area contributed by atoms with E-state index in [1.54, 1.807) is 25.7 Å². The van der Waals surface area contributed by atoms with Gasteiger partial charge in [0.1, 0.15) is 12.8 Å². The Morgan fingerprint density at radius 2 is 1.72 bits per heavy atom. The molecule has 5 fully saturated rings. The third kappa shape index (κ3) is 7.17. The van der Waals surface area contributed by atoms with Crippen LogP contribution in [-0.2, 0) is 47.5 Å². The number of carbonyl (C=O) groups excluding carboxylic acids is 4. The Morgan fingerprint density at radius 1 is 1.04 bits per heavy atom. The van der Waals surface area contributed by atoms with Crippen LogP contribution in [0.15, 0.2) is 0 Å². The highest BCUT2D eigenvalue weighted by molar-refractivity contribution is 5.81. The van der Waals surface area contributed by atoms with Gasteiger partial charge in [-0.25, -0.2) is 4.79 Å². The van der Waals surface area contributed by atoms with E-state index in [1.807, 2.05) is 53.6 Å². The summed E-state index contributed by atoms with van der Waals surface area (Å²) in [7, 11) is 3.86. The van der Waals surface area contributed by atoms with Gasteiger partial charge in [0.15, 0.2) is 24.1 Å². The highest BCUT2D eigenvalue weighted by Gasteiger charge is 2.59. The second-order valence-corrected chi connectivity index (χ2v) is 14.5. The lowest BCUT2D eigenvalue weighted by atomic mass is 9.79. The highest BCUT2D eigenvalue weighted by Crippen LogP contribution is 2.42. The SMILES string of the molecule is CC[C@H]1OC(=O)[C@H](C)C[C@H](C)[C@@H](O[C@@H]2O[C@H](C)C[C@H](N(C)C)[C@H]2OC(C)=O)[C@@]2(C)C[C@@H](C)N(CO2)C(=O)[C@H](C)[C@H]2OC(=O)O[C@@]21C. The number of hydrogen-bond acceptors (Lipinski definition) is 12. The summed E-state index contributed by atoms with van der Waals surface area (Å²) in [5.41, 5.74) is -2.28. The Balaban J connectivity index is 1.73. The molecular weight excluding hydrogens is 600 g/mol. The second kappa shape index (κ2) is 13.9. The maximum absolute atomic E-state index is 14.0. The van der Waals surface area contributed by atoms with Crippen molar-refractivity contribution in [1.29, 1.82) is 0 Å². The van der Waals surface area contributed by atoms with Gasteiger partial charge in [0, 0.05) is 13.0 Å². The van der Waals surface area contributed by atoms with Gasteiger partial charge in [-0.3, -0.25) is 14.4 Å². The minimum atomic E-state index is -1.37. The van der Waals surface area contributed by atoms with Gasteiger partial charge in [0.05, 0.1) is 35.7 Å². The summed E-state index contributed by atoms with van der Waals surface area (Å²) in [4.78, 5) is 55.9. The Bertz CT molecular complexity index is 1150. The van der Waals surface area contributed by atoms with E-state index in [-0.39, 0.29) is 36.7 Å². The molecular formula is C33H54N2O11. The van der Waals surface area contributed by atoms with Crippen LogP contribution in [0.1, 0.15) is 88.0 Å². The molecule has 5 saturated heterocycles. The molecule has 5 rings (SSSR count). The van der Waals surface area contributed by atoms with Crippen LogP contribution in [0.2, 0.25) is 0 Å². The van der Waals surface area contributed by atoms with Crippen molar-refractivity contribution in [3.63, 3.8) is 0 Å². The van der Waals surface area contributed by atoms with E-state index in [4.69, 9.17) is 33.2 Å². The standard InChI is InChI=1S/C33H54N2O11/c1-12-24-33(9)27(45-31(39)46-33)21(6)28(37)35-16-40-32(8,15-19(35)4)26(17(2)13-18(3)29(38)43-24)44-30-25(42-22(7)36)23(34(10)11)14-20(5)41-30/h17-21,23-27,30H,12-16H2,1-11H3/t17-,18+,19+,20+,21+,23-,24+,25+,26+,27+,30-,32+,33+/m0/s1. The number of amides is 1. The van der Waals surface area contributed by atoms with Gasteiger partial charge >= 0.3 is 18.1 Å². The fourth-order valence-electron chi connectivity index (χ4n) is 7.92. The number of esters is 2. The summed E-state index contributed by atoms with van der Waals surface area (Å²) in [5.74, 6) is -2.81. The first-order valence-corrected chi connectivity index (χ1v) is 16.6. The van der Waals surface area contributed by atoms with E-state index >= 15 is 0 Å². The van der Waals surface area contributed by atoms with Crippen LogP contribution in [0.25, 0.3) is 0 Å². The Kier molecular flexibility index (Phi) is 11.0. The van der Waals surface area contributed by atoms with E-state index in [1.165, 1.54) is 6.92 Å². The van der Waals surface area contributed by atoms with Gasteiger partial charge in [-0.05, 0) is 80.3 Å². The fourth-order valence-corrected chi connectivity index (χ4v) is 7.92. The van der Waals surface area contributed by atoms with E-state index in [0.717, 1.165) is 0 Å². The molecule has 13 atom stereocenters. The Hall–Kier alpha value is -2.48. The number of ether oxygens (including phenoxy) is 7. The third-order valence-corrected chi connectivity index (χ3v) is 10.3. The van der Waals surface area contributed by atoms with Crippen molar-refractivity contribution in [3.8, 4) is 0 Å². The molecule has 1 amide bonds. The van der Waals surface area contributed by atoms with Crippen LogP contribution in [0.4, 0.5) is 4.79 Å². The molecule has 0 aromatic rings. The molecule has 5 aliphatic rings. The molecule has 0 aromatic carbocycles. The molecule has 0 N–H and O–H groups in total. The molecule has 262 valence electrons. The summed E-state index contributed by atoms with van der Waals surface area (Å²) in [6.07, 6.45) is -3.35. The minimum Gasteiger partial charge on any atom is -0.458 e. The molecule has 5 heterocycles. The molecule has 0 radical (unpaired) electrons. The summed E-state index contributed by atoms with van der Waals surface area (Å²) in [6.45, 7) is 16.2. The topological polar surface area (TPSA) is 139 Å². The average molecular weight is 655 g/mol. The van der Waals surface area contributed by atoms with E-state index in [9.17, 15) is 19.2 Å². The predicted octanol–water partition coefficient (Wildman–Crippen LogP) is 3.65. The molecule has 0 aliphatic carbocycles. The first-order valence-electron chi connectivity index (χ1n) is 16.6. The zero-order chi connectivity index (χ0) is 34.3. The zero-order valence-corrected chi connectivity index (χ0v) is 29.3. The van der Waals surface area contributed by atoms with Gasteiger partial charge in [0.25, 0.3) is 0 Å². The summed E-state index contributed by atoms with van der Waals surface area (Å²) < 4.78 is 42.8.